The smallest absolute Gasteiger partial charge is 0.269 e. The van der Waals surface area contributed by atoms with Crippen LogP contribution in [-0.2, 0) is 21.4 Å². The van der Waals surface area contributed by atoms with Crippen molar-refractivity contribution in [3.8, 4) is 0 Å². The molecule has 120 valence electrons. The molecule has 0 saturated carbocycles. The quantitative estimate of drug-likeness (QED) is 0.707. The van der Waals surface area contributed by atoms with Crippen molar-refractivity contribution < 1.29 is 13.2 Å². The standard InChI is InChI=1S/C16H15ClN2O3S/c1-2-22-11-16-18-14-5-3-4-6-15(14)19(16)23(20,21)13-9-7-12(17)8-10-13/h3-10H,2,11H2,1H3. The third kappa shape index (κ3) is 2.97. The number of rotatable bonds is 5. The highest BCUT2D eigenvalue weighted by atomic mass is 35.5. The number of hydrogen-bond donors (Lipinski definition) is 0. The summed E-state index contributed by atoms with van der Waals surface area (Å²) in [7, 11) is -3.78. The molecule has 0 unspecified atom stereocenters. The van der Waals surface area contributed by atoms with E-state index in [9.17, 15) is 8.42 Å². The maximum absolute atomic E-state index is 13.0. The first-order chi connectivity index (χ1) is 11.0. The molecule has 0 saturated heterocycles. The van der Waals surface area contributed by atoms with E-state index in [0.29, 0.717) is 28.5 Å². The van der Waals surface area contributed by atoms with Crippen LogP contribution >= 0.6 is 11.6 Å². The molecule has 3 rings (SSSR count). The summed E-state index contributed by atoms with van der Waals surface area (Å²) in [5, 5.41) is 0.481. The van der Waals surface area contributed by atoms with Gasteiger partial charge in [0.2, 0.25) is 0 Å². The lowest BCUT2D eigenvalue weighted by Crippen LogP contribution is -2.16. The van der Waals surface area contributed by atoms with E-state index in [1.165, 1.54) is 16.1 Å². The predicted octanol–water partition coefficient (Wildman–Crippen LogP) is 3.46. The third-order valence-corrected chi connectivity index (χ3v) is 5.38. The average Bonchev–Trinajstić information content (AvgIpc) is 2.92. The Morgan fingerprint density at radius 1 is 1.13 bits per heavy atom. The first-order valence-electron chi connectivity index (χ1n) is 7.09. The van der Waals surface area contributed by atoms with Crippen molar-refractivity contribution in [1.29, 1.82) is 0 Å². The predicted molar refractivity (Wildman–Crippen MR) is 89.1 cm³/mol. The molecule has 3 aromatic rings. The molecule has 5 nitrogen and oxygen atoms in total. The summed E-state index contributed by atoms with van der Waals surface area (Å²) in [5.41, 5.74) is 1.14. The normalized spacial score (nSPS) is 11.9. The molecule has 0 aliphatic carbocycles. The van der Waals surface area contributed by atoms with Crippen LogP contribution in [0.25, 0.3) is 11.0 Å². The van der Waals surface area contributed by atoms with E-state index >= 15 is 0 Å². The molecule has 0 fully saturated rings. The molecule has 0 atom stereocenters. The van der Waals surface area contributed by atoms with Crippen molar-refractivity contribution in [3.05, 3.63) is 59.4 Å². The fraction of sp³-hybridized carbons (Fsp3) is 0.188. The highest BCUT2D eigenvalue weighted by Crippen LogP contribution is 2.24. The van der Waals surface area contributed by atoms with Crippen molar-refractivity contribution >= 4 is 32.7 Å². The van der Waals surface area contributed by atoms with Crippen LogP contribution in [0.1, 0.15) is 12.7 Å². The van der Waals surface area contributed by atoms with Gasteiger partial charge in [-0.2, -0.15) is 0 Å². The van der Waals surface area contributed by atoms with Gasteiger partial charge in [0, 0.05) is 11.6 Å². The second kappa shape index (κ2) is 6.31. The van der Waals surface area contributed by atoms with E-state index in [1.807, 2.05) is 13.0 Å². The summed E-state index contributed by atoms with van der Waals surface area (Å²) in [6.45, 7) is 2.45. The molecule has 0 amide bonds. The largest absolute Gasteiger partial charge is 0.374 e. The number of para-hydroxylation sites is 2. The Morgan fingerprint density at radius 2 is 1.83 bits per heavy atom. The first-order valence-corrected chi connectivity index (χ1v) is 8.91. The zero-order valence-electron chi connectivity index (χ0n) is 12.4. The SMILES string of the molecule is CCOCc1nc2ccccc2n1S(=O)(=O)c1ccc(Cl)cc1. The summed E-state index contributed by atoms with van der Waals surface area (Å²) in [6, 6.07) is 13.2. The molecule has 0 bridgehead atoms. The first kappa shape index (κ1) is 16.0. The van der Waals surface area contributed by atoms with Gasteiger partial charge in [-0.05, 0) is 43.3 Å². The van der Waals surface area contributed by atoms with Crippen molar-refractivity contribution in [1.82, 2.24) is 8.96 Å². The second-order valence-electron chi connectivity index (χ2n) is 4.88. The Labute approximate surface area is 139 Å². The molecule has 1 heterocycles. The number of halogens is 1. The van der Waals surface area contributed by atoms with Crippen LogP contribution in [0.3, 0.4) is 0 Å². The van der Waals surface area contributed by atoms with E-state index < -0.39 is 10.0 Å². The van der Waals surface area contributed by atoms with E-state index in [4.69, 9.17) is 16.3 Å². The highest BCUT2D eigenvalue weighted by molar-refractivity contribution is 7.90. The van der Waals surface area contributed by atoms with Crippen LogP contribution in [0.2, 0.25) is 5.02 Å². The topological polar surface area (TPSA) is 61.2 Å². The highest BCUT2D eigenvalue weighted by Gasteiger charge is 2.24. The van der Waals surface area contributed by atoms with Crippen molar-refractivity contribution in [2.75, 3.05) is 6.61 Å². The number of aromatic nitrogens is 2. The van der Waals surface area contributed by atoms with E-state index in [1.54, 1.807) is 30.3 Å². The Morgan fingerprint density at radius 3 is 2.52 bits per heavy atom. The average molecular weight is 351 g/mol. The molecular weight excluding hydrogens is 336 g/mol. The van der Waals surface area contributed by atoms with Gasteiger partial charge in [0.25, 0.3) is 10.0 Å². The van der Waals surface area contributed by atoms with Crippen molar-refractivity contribution in [2.24, 2.45) is 0 Å². The minimum atomic E-state index is -3.78. The van der Waals surface area contributed by atoms with Gasteiger partial charge in [-0.1, -0.05) is 23.7 Å². The summed E-state index contributed by atoms with van der Waals surface area (Å²) in [5.74, 6) is 0.350. The van der Waals surface area contributed by atoms with Gasteiger partial charge in [0.15, 0.2) is 0 Å². The molecule has 0 N–H and O–H groups in total. The number of ether oxygens (including phenoxy) is 1. The number of imidazole rings is 1. The van der Waals surface area contributed by atoms with Gasteiger partial charge < -0.3 is 4.74 Å². The van der Waals surface area contributed by atoms with Gasteiger partial charge >= 0.3 is 0 Å². The Hall–Kier alpha value is -1.89. The van der Waals surface area contributed by atoms with E-state index in [0.717, 1.165) is 0 Å². The number of fused-ring (bicyclic) bond motifs is 1. The fourth-order valence-corrected chi connectivity index (χ4v) is 3.92. The minimum Gasteiger partial charge on any atom is -0.374 e. The summed E-state index contributed by atoms with van der Waals surface area (Å²) >= 11 is 5.85. The maximum Gasteiger partial charge on any atom is 0.269 e. The number of hydrogen-bond acceptors (Lipinski definition) is 4. The lowest BCUT2D eigenvalue weighted by molar-refractivity contribution is 0.128. The zero-order chi connectivity index (χ0) is 16.4. The third-order valence-electron chi connectivity index (χ3n) is 3.37. The molecular formula is C16H15ClN2O3S. The maximum atomic E-state index is 13.0. The summed E-state index contributed by atoms with van der Waals surface area (Å²) in [6.07, 6.45) is 0. The van der Waals surface area contributed by atoms with Gasteiger partial charge in [-0.25, -0.2) is 17.4 Å². The van der Waals surface area contributed by atoms with Crippen molar-refractivity contribution in [3.63, 3.8) is 0 Å². The zero-order valence-corrected chi connectivity index (χ0v) is 14.0. The van der Waals surface area contributed by atoms with Gasteiger partial charge in [-0.15, -0.1) is 0 Å². The van der Waals surface area contributed by atoms with Gasteiger partial charge in [0.05, 0.1) is 15.9 Å². The van der Waals surface area contributed by atoms with Crippen LogP contribution in [0.15, 0.2) is 53.4 Å². The van der Waals surface area contributed by atoms with Crippen molar-refractivity contribution in [2.45, 2.75) is 18.4 Å². The fourth-order valence-electron chi connectivity index (χ4n) is 2.32. The Kier molecular flexibility index (Phi) is 4.39. The molecule has 1 aromatic heterocycles. The molecule has 0 radical (unpaired) electrons. The van der Waals surface area contributed by atoms with Gasteiger partial charge in [0.1, 0.15) is 12.4 Å². The Bertz CT molecular complexity index is 934. The molecule has 0 spiro atoms. The van der Waals surface area contributed by atoms with Crippen LogP contribution in [0.4, 0.5) is 0 Å². The van der Waals surface area contributed by atoms with Crippen LogP contribution in [0.5, 0.6) is 0 Å². The van der Waals surface area contributed by atoms with Gasteiger partial charge in [-0.3, -0.25) is 0 Å². The lowest BCUT2D eigenvalue weighted by Gasteiger charge is -2.10. The minimum absolute atomic E-state index is 0.123. The number of nitrogens with zero attached hydrogens (tertiary/aromatic N) is 2. The number of benzene rings is 2. The van der Waals surface area contributed by atoms with Crippen LogP contribution in [0, 0.1) is 0 Å². The monoisotopic (exact) mass is 350 g/mol. The Balaban J connectivity index is 2.22. The summed E-state index contributed by atoms with van der Waals surface area (Å²) in [4.78, 5) is 4.55. The second-order valence-corrected chi connectivity index (χ2v) is 7.10. The molecule has 7 heteroatoms. The van der Waals surface area contributed by atoms with Crippen LogP contribution in [-0.4, -0.2) is 24.0 Å². The summed E-state index contributed by atoms with van der Waals surface area (Å²) < 4.78 is 32.7. The van der Waals surface area contributed by atoms with E-state index in [2.05, 4.69) is 4.98 Å². The lowest BCUT2D eigenvalue weighted by atomic mass is 10.3. The molecule has 2 aromatic carbocycles. The molecule has 23 heavy (non-hydrogen) atoms. The molecule has 0 aliphatic rings. The van der Waals surface area contributed by atoms with E-state index in [-0.39, 0.29) is 11.5 Å². The molecule has 0 aliphatic heterocycles. The van der Waals surface area contributed by atoms with Crippen LogP contribution < -0.4 is 0 Å².